The van der Waals surface area contributed by atoms with Crippen molar-refractivity contribution >= 4 is 50.6 Å². The molecule has 3 amide bonds. The third kappa shape index (κ3) is 5.25. The van der Waals surface area contributed by atoms with Crippen molar-refractivity contribution in [2.75, 3.05) is 29.9 Å². The molecule has 11 heteroatoms. The van der Waals surface area contributed by atoms with Crippen LogP contribution in [0.15, 0.2) is 65.5 Å². The molecule has 3 aliphatic heterocycles. The SMILES string of the molecule is CC(=O)Nc1ccc2c(c1)C[C@@H](C(=O)NCCCNC(=O)c1nc3ccccc3s1)[C@H]1[C@@H]3C[C@H](CN21)Cn1c3cccc1=O. The Hall–Kier alpha value is -4.51. The molecule has 44 heavy (non-hydrogen) atoms. The molecule has 0 saturated carbocycles. The summed E-state index contributed by atoms with van der Waals surface area (Å²) in [5.74, 6) is -0.397. The lowest BCUT2D eigenvalue weighted by atomic mass is 9.69. The largest absolute Gasteiger partial charge is 0.366 e. The molecule has 0 radical (unpaired) electrons. The summed E-state index contributed by atoms with van der Waals surface area (Å²) < 4.78 is 2.87. The van der Waals surface area contributed by atoms with Gasteiger partial charge in [0.15, 0.2) is 5.01 Å². The van der Waals surface area contributed by atoms with Crippen LogP contribution in [0.2, 0.25) is 0 Å². The van der Waals surface area contributed by atoms with Crippen LogP contribution >= 0.6 is 11.3 Å². The maximum absolute atomic E-state index is 13.9. The predicted molar refractivity (Wildman–Crippen MR) is 170 cm³/mol. The molecule has 3 N–H and O–H groups in total. The second-order valence-corrected chi connectivity index (χ2v) is 13.0. The number of pyridine rings is 1. The van der Waals surface area contributed by atoms with Crippen LogP contribution in [-0.4, -0.2) is 52.9 Å². The summed E-state index contributed by atoms with van der Waals surface area (Å²) in [5.41, 5.74) is 4.65. The van der Waals surface area contributed by atoms with Gasteiger partial charge < -0.3 is 25.4 Å². The van der Waals surface area contributed by atoms with Gasteiger partial charge in [0, 0.05) is 68.2 Å². The van der Waals surface area contributed by atoms with Crippen LogP contribution in [0.4, 0.5) is 11.4 Å². The normalized spacial score (nSPS) is 21.5. The Morgan fingerprint density at radius 1 is 1.00 bits per heavy atom. The topological polar surface area (TPSA) is 125 Å². The molecule has 0 spiro atoms. The zero-order valence-electron chi connectivity index (χ0n) is 24.4. The number of piperidine rings is 1. The van der Waals surface area contributed by atoms with E-state index < -0.39 is 0 Å². The van der Waals surface area contributed by atoms with Crippen molar-refractivity contribution in [3.05, 3.63) is 87.3 Å². The van der Waals surface area contributed by atoms with Crippen molar-refractivity contribution in [3.8, 4) is 0 Å². The number of aromatic nitrogens is 2. The third-order valence-electron chi connectivity index (χ3n) is 9.04. The molecule has 3 aliphatic rings. The highest BCUT2D eigenvalue weighted by atomic mass is 32.1. The van der Waals surface area contributed by atoms with Gasteiger partial charge in [-0.15, -0.1) is 11.3 Å². The maximum atomic E-state index is 13.9. The molecule has 226 valence electrons. The maximum Gasteiger partial charge on any atom is 0.280 e. The Kier molecular flexibility index (Phi) is 7.41. The molecule has 1 fully saturated rings. The minimum absolute atomic E-state index is 0.00991. The van der Waals surface area contributed by atoms with E-state index in [1.54, 1.807) is 6.07 Å². The average Bonchev–Trinajstić information content (AvgIpc) is 3.45. The van der Waals surface area contributed by atoms with Gasteiger partial charge in [-0.05, 0) is 67.1 Å². The fraction of sp³-hybridized carbons (Fsp3) is 0.364. The van der Waals surface area contributed by atoms with Gasteiger partial charge in [-0.25, -0.2) is 4.98 Å². The lowest BCUT2D eigenvalue weighted by Gasteiger charge is -2.54. The summed E-state index contributed by atoms with van der Waals surface area (Å²) in [7, 11) is 0. The number of thiazole rings is 1. The number of amides is 3. The Morgan fingerprint density at radius 2 is 1.84 bits per heavy atom. The van der Waals surface area contributed by atoms with Gasteiger partial charge in [0.1, 0.15) is 0 Å². The average molecular weight is 611 g/mol. The number of nitrogens with one attached hydrogen (secondary N) is 3. The van der Waals surface area contributed by atoms with E-state index in [4.69, 9.17) is 0 Å². The molecule has 2 bridgehead atoms. The second-order valence-electron chi connectivity index (χ2n) is 12.0. The first-order valence-electron chi connectivity index (χ1n) is 15.1. The van der Waals surface area contributed by atoms with Crippen LogP contribution in [0.3, 0.4) is 0 Å². The highest BCUT2D eigenvalue weighted by Gasteiger charge is 2.49. The lowest BCUT2D eigenvalue weighted by Crippen LogP contribution is -2.60. The van der Waals surface area contributed by atoms with E-state index >= 15 is 0 Å². The zero-order valence-corrected chi connectivity index (χ0v) is 25.2. The first-order valence-corrected chi connectivity index (χ1v) is 16.0. The summed E-state index contributed by atoms with van der Waals surface area (Å²) in [6.07, 6.45) is 2.05. The third-order valence-corrected chi connectivity index (χ3v) is 10.1. The minimum Gasteiger partial charge on any atom is -0.366 e. The van der Waals surface area contributed by atoms with Gasteiger partial charge in [-0.1, -0.05) is 18.2 Å². The van der Waals surface area contributed by atoms with Crippen LogP contribution in [0.25, 0.3) is 10.2 Å². The summed E-state index contributed by atoms with van der Waals surface area (Å²) in [4.78, 5) is 57.9. The Morgan fingerprint density at radius 3 is 2.68 bits per heavy atom. The Bertz CT molecular complexity index is 1800. The fourth-order valence-corrected chi connectivity index (χ4v) is 8.16. The second kappa shape index (κ2) is 11.5. The molecule has 0 unspecified atom stereocenters. The van der Waals surface area contributed by atoms with Crippen molar-refractivity contribution in [1.82, 2.24) is 20.2 Å². The van der Waals surface area contributed by atoms with Gasteiger partial charge in [-0.2, -0.15) is 0 Å². The molecule has 5 heterocycles. The van der Waals surface area contributed by atoms with Gasteiger partial charge in [0.05, 0.1) is 16.1 Å². The highest BCUT2D eigenvalue weighted by Crippen LogP contribution is 2.48. The fourth-order valence-electron chi connectivity index (χ4n) is 7.28. The van der Waals surface area contributed by atoms with Crippen LogP contribution in [0.5, 0.6) is 0 Å². The molecule has 4 atom stereocenters. The monoisotopic (exact) mass is 610 g/mol. The molecule has 2 aromatic heterocycles. The predicted octanol–water partition coefficient (Wildman–Crippen LogP) is 3.52. The highest BCUT2D eigenvalue weighted by molar-refractivity contribution is 7.20. The molecule has 0 aliphatic carbocycles. The van der Waals surface area contributed by atoms with Gasteiger partial charge in [0.2, 0.25) is 11.8 Å². The summed E-state index contributed by atoms with van der Waals surface area (Å²) in [5, 5.41) is 9.36. The van der Waals surface area contributed by atoms with E-state index in [1.807, 2.05) is 53.1 Å². The quantitative estimate of drug-likeness (QED) is 0.275. The van der Waals surface area contributed by atoms with E-state index in [-0.39, 0.29) is 41.2 Å². The Balaban J connectivity index is 1.07. The number of anilines is 2. The number of rotatable bonds is 7. The van der Waals surface area contributed by atoms with Crippen molar-refractivity contribution < 1.29 is 14.4 Å². The van der Waals surface area contributed by atoms with Crippen molar-refractivity contribution in [2.45, 2.75) is 44.7 Å². The first-order chi connectivity index (χ1) is 21.4. The number of carbonyl (C=O) groups is 3. The van der Waals surface area contributed by atoms with E-state index in [1.165, 1.54) is 18.3 Å². The standard InChI is InChI=1S/C33H34N6O4S/c1-19(40)36-22-10-11-26-21(15-22)16-24(30-23-14-20(18-39(26)30)17-38-27(23)7-4-9-29(38)41)31(42)34-12-5-13-35-32(43)33-37-25-6-2-3-8-28(25)44-33/h2-4,6-11,15,20,23-24,30H,5,12-14,16-18H2,1H3,(H,34,42)(H,35,43)(H,36,40)/t20-,23+,24+,30+/m0/s1. The van der Waals surface area contributed by atoms with Crippen LogP contribution < -0.4 is 26.4 Å². The number of benzene rings is 2. The number of fused-ring (bicyclic) bond motifs is 9. The van der Waals surface area contributed by atoms with Crippen LogP contribution in [0, 0.1) is 11.8 Å². The first kappa shape index (κ1) is 28.3. The van der Waals surface area contributed by atoms with Gasteiger partial charge in [0.25, 0.3) is 11.5 Å². The molecule has 4 aromatic rings. The van der Waals surface area contributed by atoms with Crippen LogP contribution in [-0.2, 0) is 22.6 Å². The number of carbonyl (C=O) groups excluding carboxylic acids is 3. The molecule has 1 saturated heterocycles. The van der Waals surface area contributed by atoms with Crippen molar-refractivity contribution in [2.24, 2.45) is 11.8 Å². The molecule has 7 rings (SSSR count). The summed E-state index contributed by atoms with van der Waals surface area (Å²) in [6, 6.07) is 19.0. The number of para-hydroxylation sites is 1. The van der Waals surface area contributed by atoms with Gasteiger partial charge >= 0.3 is 0 Å². The van der Waals surface area contributed by atoms with Crippen LogP contribution in [0.1, 0.15) is 46.7 Å². The zero-order chi connectivity index (χ0) is 30.4. The molecule has 10 nitrogen and oxygen atoms in total. The molecular formula is C33H34N6O4S. The molecule has 2 aromatic carbocycles. The van der Waals surface area contributed by atoms with E-state index in [9.17, 15) is 19.2 Å². The Labute approximate surface area is 258 Å². The number of hydrogen-bond acceptors (Lipinski definition) is 7. The van der Waals surface area contributed by atoms with Crippen molar-refractivity contribution in [1.29, 1.82) is 0 Å². The smallest absolute Gasteiger partial charge is 0.280 e. The number of nitrogens with zero attached hydrogens (tertiary/aromatic N) is 3. The minimum atomic E-state index is -0.347. The number of hydrogen-bond donors (Lipinski definition) is 3. The lowest BCUT2D eigenvalue weighted by molar-refractivity contribution is -0.126. The van der Waals surface area contributed by atoms with Crippen molar-refractivity contribution in [3.63, 3.8) is 0 Å². The van der Waals surface area contributed by atoms with E-state index in [0.717, 1.165) is 40.1 Å². The van der Waals surface area contributed by atoms with E-state index in [0.29, 0.717) is 49.1 Å². The molecular weight excluding hydrogens is 576 g/mol. The summed E-state index contributed by atoms with van der Waals surface area (Å²) in [6.45, 7) is 3.76. The van der Waals surface area contributed by atoms with Gasteiger partial charge in [-0.3, -0.25) is 19.2 Å². The van der Waals surface area contributed by atoms with E-state index in [2.05, 4.69) is 31.9 Å². The summed E-state index contributed by atoms with van der Waals surface area (Å²) >= 11 is 1.36.